The smallest absolute Gasteiger partial charge is 0.274 e. The molecule has 0 atom stereocenters. The molecular formula is C12H16N6O. The van der Waals surface area contributed by atoms with Crippen molar-refractivity contribution < 1.29 is 4.79 Å². The van der Waals surface area contributed by atoms with Crippen LogP contribution < -0.4 is 5.73 Å². The molecule has 7 nitrogen and oxygen atoms in total. The second-order valence-electron chi connectivity index (χ2n) is 4.08. The van der Waals surface area contributed by atoms with Crippen molar-refractivity contribution in [3.8, 4) is 12.1 Å². The van der Waals surface area contributed by atoms with Gasteiger partial charge in [0, 0.05) is 20.1 Å². The third kappa shape index (κ3) is 3.23. The molecule has 7 heteroatoms. The molecule has 0 aromatic carbocycles. The van der Waals surface area contributed by atoms with Crippen LogP contribution in [0.3, 0.4) is 0 Å². The highest BCUT2D eigenvalue weighted by molar-refractivity contribution is 5.98. The summed E-state index contributed by atoms with van der Waals surface area (Å²) in [6, 6.07) is 3.97. The monoisotopic (exact) mass is 260 g/mol. The number of nitrogens with zero attached hydrogens (tertiary/aromatic N) is 5. The van der Waals surface area contributed by atoms with Crippen molar-refractivity contribution >= 4 is 11.6 Å². The van der Waals surface area contributed by atoms with Crippen molar-refractivity contribution in [2.24, 2.45) is 7.05 Å². The fraction of sp³-hybridized carbons (Fsp3) is 0.500. The summed E-state index contributed by atoms with van der Waals surface area (Å²) in [6.07, 6.45) is 0.432. The van der Waals surface area contributed by atoms with E-state index in [0.717, 1.165) is 0 Å². The Balaban J connectivity index is 2.98. The first-order valence-electron chi connectivity index (χ1n) is 5.85. The SMILES string of the molecule is Cc1nn(C)c(C(=O)N(CCC#N)CCC#N)c1N. The minimum atomic E-state index is -0.300. The van der Waals surface area contributed by atoms with Gasteiger partial charge in [0.05, 0.1) is 36.4 Å². The summed E-state index contributed by atoms with van der Waals surface area (Å²) in [4.78, 5) is 13.8. The van der Waals surface area contributed by atoms with Gasteiger partial charge in [-0.1, -0.05) is 0 Å². The topological polar surface area (TPSA) is 112 Å². The molecule has 19 heavy (non-hydrogen) atoms. The van der Waals surface area contributed by atoms with Crippen molar-refractivity contribution in [2.75, 3.05) is 18.8 Å². The maximum atomic E-state index is 12.4. The zero-order chi connectivity index (χ0) is 14.4. The molecule has 1 aromatic heterocycles. The summed E-state index contributed by atoms with van der Waals surface area (Å²) >= 11 is 0. The zero-order valence-electron chi connectivity index (χ0n) is 11.1. The van der Waals surface area contributed by atoms with E-state index < -0.39 is 0 Å². The van der Waals surface area contributed by atoms with Crippen LogP contribution in [0.15, 0.2) is 0 Å². The van der Waals surface area contributed by atoms with Gasteiger partial charge in [0.25, 0.3) is 5.91 Å². The van der Waals surface area contributed by atoms with E-state index in [1.54, 1.807) is 14.0 Å². The molecule has 100 valence electrons. The van der Waals surface area contributed by atoms with Crippen molar-refractivity contribution in [3.63, 3.8) is 0 Å². The second-order valence-corrected chi connectivity index (χ2v) is 4.08. The van der Waals surface area contributed by atoms with Gasteiger partial charge in [0.1, 0.15) is 5.69 Å². The number of carbonyl (C=O) groups excluding carboxylic acids is 1. The van der Waals surface area contributed by atoms with Gasteiger partial charge < -0.3 is 10.6 Å². The van der Waals surface area contributed by atoms with Gasteiger partial charge in [-0.25, -0.2) is 0 Å². The van der Waals surface area contributed by atoms with Gasteiger partial charge in [0.15, 0.2) is 0 Å². The van der Waals surface area contributed by atoms with E-state index in [9.17, 15) is 4.79 Å². The molecular weight excluding hydrogens is 244 g/mol. The Morgan fingerprint density at radius 1 is 1.37 bits per heavy atom. The van der Waals surface area contributed by atoms with Crippen LogP contribution in [0.5, 0.6) is 0 Å². The van der Waals surface area contributed by atoms with Crippen LogP contribution in [-0.2, 0) is 7.05 Å². The van der Waals surface area contributed by atoms with Gasteiger partial charge in [0.2, 0.25) is 0 Å². The Hall–Kier alpha value is -2.54. The molecule has 0 saturated carbocycles. The molecule has 1 amide bonds. The normalized spacial score (nSPS) is 9.68. The first-order chi connectivity index (χ1) is 9.02. The summed E-state index contributed by atoms with van der Waals surface area (Å²) in [5.74, 6) is -0.300. The average molecular weight is 260 g/mol. The number of rotatable bonds is 5. The minimum Gasteiger partial charge on any atom is -0.395 e. The number of carbonyl (C=O) groups is 1. The lowest BCUT2D eigenvalue weighted by Crippen LogP contribution is -2.34. The number of anilines is 1. The molecule has 0 unspecified atom stereocenters. The summed E-state index contributed by atoms with van der Waals surface area (Å²) < 4.78 is 1.43. The van der Waals surface area contributed by atoms with E-state index in [2.05, 4.69) is 5.10 Å². The number of amides is 1. The molecule has 0 aliphatic rings. The summed E-state index contributed by atoms with van der Waals surface area (Å²) in [6.45, 7) is 2.28. The highest BCUT2D eigenvalue weighted by Crippen LogP contribution is 2.17. The lowest BCUT2D eigenvalue weighted by Gasteiger charge is -2.20. The standard InChI is InChI=1S/C12H16N6O/c1-9-10(15)11(17(2)16-9)12(19)18(7-3-5-13)8-4-6-14/h3-4,7-8,15H2,1-2H3. The summed E-state index contributed by atoms with van der Waals surface area (Å²) in [5.41, 5.74) is 7.07. The van der Waals surface area contributed by atoms with E-state index >= 15 is 0 Å². The molecule has 1 rings (SSSR count). The van der Waals surface area contributed by atoms with E-state index in [0.29, 0.717) is 17.1 Å². The Morgan fingerprint density at radius 2 is 1.89 bits per heavy atom. The van der Waals surface area contributed by atoms with Crippen LogP contribution in [0, 0.1) is 29.6 Å². The lowest BCUT2D eigenvalue weighted by atomic mass is 10.2. The van der Waals surface area contributed by atoms with E-state index in [-0.39, 0.29) is 31.8 Å². The first-order valence-corrected chi connectivity index (χ1v) is 5.85. The van der Waals surface area contributed by atoms with Crippen LogP contribution in [0.2, 0.25) is 0 Å². The molecule has 0 aliphatic heterocycles. The number of hydrogen-bond acceptors (Lipinski definition) is 5. The average Bonchev–Trinajstić information content (AvgIpc) is 2.63. The second kappa shape index (κ2) is 6.41. The van der Waals surface area contributed by atoms with E-state index in [1.165, 1.54) is 9.58 Å². The molecule has 0 aliphatic carbocycles. The van der Waals surface area contributed by atoms with Crippen molar-refractivity contribution in [1.82, 2.24) is 14.7 Å². The molecule has 1 aromatic rings. The number of nitrogen functional groups attached to an aromatic ring is 1. The predicted molar refractivity (Wildman–Crippen MR) is 68.7 cm³/mol. The van der Waals surface area contributed by atoms with Crippen LogP contribution in [-0.4, -0.2) is 33.7 Å². The summed E-state index contributed by atoms with van der Waals surface area (Å²) in [5, 5.41) is 21.3. The van der Waals surface area contributed by atoms with Crippen molar-refractivity contribution in [1.29, 1.82) is 10.5 Å². The fourth-order valence-electron chi connectivity index (χ4n) is 1.76. The number of nitrogens with two attached hydrogens (primary N) is 1. The lowest BCUT2D eigenvalue weighted by molar-refractivity contribution is 0.0752. The van der Waals surface area contributed by atoms with Crippen molar-refractivity contribution in [2.45, 2.75) is 19.8 Å². The zero-order valence-corrected chi connectivity index (χ0v) is 11.1. The van der Waals surface area contributed by atoms with Gasteiger partial charge in [-0.3, -0.25) is 9.48 Å². The molecule has 2 N–H and O–H groups in total. The maximum absolute atomic E-state index is 12.4. The van der Waals surface area contributed by atoms with Crippen LogP contribution in [0.1, 0.15) is 29.0 Å². The third-order valence-electron chi connectivity index (χ3n) is 2.75. The first kappa shape index (κ1) is 14.5. The predicted octanol–water partition coefficient (Wildman–Crippen LogP) is 0.580. The van der Waals surface area contributed by atoms with Crippen LogP contribution >= 0.6 is 0 Å². The fourth-order valence-corrected chi connectivity index (χ4v) is 1.76. The maximum Gasteiger partial charge on any atom is 0.274 e. The molecule has 0 spiro atoms. The molecule has 0 fully saturated rings. The molecule has 0 saturated heterocycles. The van der Waals surface area contributed by atoms with Crippen LogP contribution in [0.4, 0.5) is 5.69 Å². The minimum absolute atomic E-state index is 0.216. The quantitative estimate of drug-likeness (QED) is 0.832. The number of nitriles is 2. The van der Waals surface area contributed by atoms with Gasteiger partial charge in [-0.05, 0) is 6.92 Å². The third-order valence-corrected chi connectivity index (χ3v) is 2.75. The van der Waals surface area contributed by atoms with E-state index in [4.69, 9.17) is 16.3 Å². The van der Waals surface area contributed by atoms with Gasteiger partial charge >= 0.3 is 0 Å². The molecule has 0 radical (unpaired) electrons. The van der Waals surface area contributed by atoms with Crippen molar-refractivity contribution in [3.05, 3.63) is 11.4 Å². The van der Waals surface area contributed by atoms with Gasteiger partial charge in [-0.2, -0.15) is 15.6 Å². The van der Waals surface area contributed by atoms with E-state index in [1.807, 2.05) is 12.1 Å². The Labute approximate surface area is 111 Å². The molecule has 0 bridgehead atoms. The Kier molecular flexibility index (Phi) is 4.90. The van der Waals surface area contributed by atoms with Gasteiger partial charge in [-0.15, -0.1) is 0 Å². The number of aryl methyl sites for hydroxylation is 2. The van der Waals surface area contributed by atoms with Crippen LogP contribution in [0.25, 0.3) is 0 Å². The Bertz CT molecular complexity index is 530. The highest BCUT2D eigenvalue weighted by atomic mass is 16.2. The number of aromatic nitrogens is 2. The summed E-state index contributed by atoms with van der Waals surface area (Å²) in [7, 11) is 1.64. The highest BCUT2D eigenvalue weighted by Gasteiger charge is 2.23. The Morgan fingerprint density at radius 3 is 2.26 bits per heavy atom. The molecule has 1 heterocycles. The largest absolute Gasteiger partial charge is 0.395 e. The number of hydrogen-bond donors (Lipinski definition) is 1.